The van der Waals surface area contributed by atoms with Crippen LogP contribution in [0.15, 0.2) is 53.8 Å². The van der Waals surface area contributed by atoms with Crippen molar-refractivity contribution >= 4 is 23.2 Å². The Bertz CT molecular complexity index is 927. The van der Waals surface area contributed by atoms with Gasteiger partial charge in [0.15, 0.2) is 5.57 Å². The summed E-state index contributed by atoms with van der Waals surface area (Å²) in [6.45, 7) is 1.09. The molecule has 26 heavy (non-hydrogen) atoms. The summed E-state index contributed by atoms with van der Waals surface area (Å²) in [5.41, 5.74) is -1.55. The van der Waals surface area contributed by atoms with Crippen LogP contribution in [0.5, 0.6) is 0 Å². The molecule has 0 atom stereocenters. The minimum absolute atomic E-state index is 0.257. The third kappa shape index (κ3) is 4.35. The number of nitrogens with one attached hydrogen (secondary N) is 1. The quantitative estimate of drug-likeness (QED) is 0.430. The summed E-state index contributed by atoms with van der Waals surface area (Å²) in [6.07, 6.45) is -4.75. The topological polar surface area (TPSA) is 73.1 Å². The van der Waals surface area contributed by atoms with Crippen LogP contribution in [0.1, 0.15) is 12.5 Å². The maximum atomic E-state index is 13.4. The first-order valence-corrected chi connectivity index (χ1v) is 7.59. The summed E-state index contributed by atoms with van der Waals surface area (Å²) in [4.78, 5) is 11.9. The average molecular weight is 381 g/mol. The molecule has 8 heteroatoms. The molecular formula is C18H12ClF3N2O2. The summed E-state index contributed by atoms with van der Waals surface area (Å²) in [5, 5.41) is 20.5. The van der Waals surface area contributed by atoms with Crippen molar-refractivity contribution in [2.45, 2.75) is 13.1 Å². The molecule has 0 radical (unpaired) electrons. The number of rotatable bonds is 3. The maximum absolute atomic E-state index is 13.4. The third-order valence-corrected chi connectivity index (χ3v) is 3.67. The Balaban J connectivity index is 2.50. The van der Waals surface area contributed by atoms with Crippen LogP contribution in [0.3, 0.4) is 0 Å². The number of hydrogen-bond acceptors (Lipinski definition) is 3. The Morgan fingerprint density at radius 1 is 1.19 bits per heavy atom. The lowest BCUT2D eigenvalue weighted by Gasteiger charge is -2.15. The van der Waals surface area contributed by atoms with Gasteiger partial charge in [0.2, 0.25) is 0 Å². The van der Waals surface area contributed by atoms with Crippen molar-refractivity contribution in [1.82, 2.24) is 0 Å². The normalized spacial score (nSPS) is 12.2. The van der Waals surface area contributed by atoms with Crippen molar-refractivity contribution in [3.8, 4) is 17.2 Å². The van der Waals surface area contributed by atoms with E-state index < -0.39 is 34.7 Å². The third-order valence-electron chi connectivity index (χ3n) is 3.43. The monoisotopic (exact) mass is 380 g/mol. The lowest BCUT2D eigenvalue weighted by molar-refractivity contribution is -0.136. The highest BCUT2D eigenvalue weighted by Gasteiger charge is 2.34. The van der Waals surface area contributed by atoms with Crippen molar-refractivity contribution in [2.24, 2.45) is 0 Å². The molecule has 2 aromatic carbocycles. The second-order valence-electron chi connectivity index (χ2n) is 5.29. The smallest absolute Gasteiger partial charge is 0.418 e. The molecule has 0 saturated carbocycles. The Morgan fingerprint density at radius 3 is 2.38 bits per heavy atom. The Labute approximate surface area is 152 Å². The van der Waals surface area contributed by atoms with Gasteiger partial charge in [-0.15, -0.1) is 0 Å². The van der Waals surface area contributed by atoms with E-state index in [-0.39, 0.29) is 5.56 Å². The predicted molar refractivity (Wildman–Crippen MR) is 91.5 cm³/mol. The number of carbonyl (C=O) groups excluding carboxylic acids is 1. The molecule has 0 fully saturated rings. The van der Waals surface area contributed by atoms with Gasteiger partial charge in [-0.25, -0.2) is 0 Å². The molecular weight excluding hydrogens is 369 g/mol. The van der Waals surface area contributed by atoms with Gasteiger partial charge in [-0.3, -0.25) is 4.79 Å². The van der Waals surface area contributed by atoms with Crippen LogP contribution in [-0.4, -0.2) is 11.0 Å². The van der Waals surface area contributed by atoms with E-state index in [1.807, 2.05) is 5.32 Å². The van der Waals surface area contributed by atoms with E-state index in [0.29, 0.717) is 10.6 Å². The van der Waals surface area contributed by atoms with Crippen LogP contribution < -0.4 is 5.32 Å². The number of benzene rings is 2. The number of hydrogen-bond donors (Lipinski definition) is 2. The first kappa shape index (κ1) is 19.3. The summed E-state index contributed by atoms with van der Waals surface area (Å²) in [5.74, 6) is -1.72. The van der Waals surface area contributed by atoms with Crippen LogP contribution in [0, 0.1) is 11.3 Å². The molecule has 2 aromatic rings. The molecule has 134 valence electrons. The molecule has 0 aliphatic carbocycles. The highest BCUT2D eigenvalue weighted by molar-refractivity contribution is 6.30. The van der Waals surface area contributed by atoms with Crippen molar-refractivity contribution in [2.75, 3.05) is 5.32 Å². The number of carbonyl (C=O) groups is 1. The number of halogens is 4. The minimum Gasteiger partial charge on any atom is -0.511 e. The number of amides is 1. The van der Waals surface area contributed by atoms with E-state index in [1.54, 1.807) is 18.2 Å². The molecule has 0 heterocycles. The molecule has 1 amide bonds. The molecule has 2 N–H and O–H groups in total. The van der Waals surface area contributed by atoms with E-state index >= 15 is 0 Å². The standard InChI is InChI=1S/C18H12ClF3N2O2/c1-10(25)14(9-23)17(26)24-16-6-5-12(8-15(16)18(20,21)22)11-3-2-4-13(19)7-11/h2-8,25H,1H3,(H,24,26)/b14-10-. The van der Waals surface area contributed by atoms with Crippen LogP contribution in [0.2, 0.25) is 5.02 Å². The minimum atomic E-state index is -4.75. The van der Waals surface area contributed by atoms with Gasteiger partial charge in [0.25, 0.3) is 5.91 Å². The number of nitriles is 1. The zero-order valence-corrected chi connectivity index (χ0v) is 14.1. The van der Waals surface area contributed by atoms with Gasteiger partial charge < -0.3 is 10.4 Å². The fourth-order valence-corrected chi connectivity index (χ4v) is 2.41. The van der Waals surface area contributed by atoms with Crippen LogP contribution in [0.25, 0.3) is 11.1 Å². The van der Waals surface area contributed by atoms with Gasteiger partial charge in [-0.05, 0) is 42.3 Å². The first-order chi connectivity index (χ1) is 12.1. The number of aliphatic hydroxyl groups excluding tert-OH is 1. The van der Waals surface area contributed by atoms with Gasteiger partial charge in [-0.2, -0.15) is 18.4 Å². The summed E-state index contributed by atoms with van der Waals surface area (Å²) < 4.78 is 40.2. The number of alkyl halides is 3. The molecule has 0 unspecified atom stereocenters. The van der Waals surface area contributed by atoms with Crippen LogP contribution >= 0.6 is 11.6 Å². The lowest BCUT2D eigenvalue weighted by atomic mass is 10.0. The van der Waals surface area contributed by atoms with E-state index in [1.165, 1.54) is 18.2 Å². The molecule has 2 rings (SSSR count). The van der Waals surface area contributed by atoms with Crippen molar-refractivity contribution in [3.63, 3.8) is 0 Å². The molecule has 4 nitrogen and oxygen atoms in total. The van der Waals surface area contributed by atoms with Gasteiger partial charge in [0.1, 0.15) is 11.8 Å². The fraction of sp³-hybridized carbons (Fsp3) is 0.111. The van der Waals surface area contributed by atoms with E-state index in [2.05, 4.69) is 0 Å². The fourth-order valence-electron chi connectivity index (χ4n) is 2.22. The number of anilines is 1. The second-order valence-corrected chi connectivity index (χ2v) is 5.73. The van der Waals surface area contributed by atoms with E-state index in [0.717, 1.165) is 19.1 Å². The molecule has 0 saturated heterocycles. The number of nitrogens with zero attached hydrogens (tertiary/aromatic N) is 1. The highest BCUT2D eigenvalue weighted by atomic mass is 35.5. The molecule has 0 spiro atoms. The van der Waals surface area contributed by atoms with E-state index in [9.17, 15) is 23.1 Å². The second kappa shape index (κ2) is 7.50. The zero-order chi connectivity index (χ0) is 19.5. The molecule has 0 aliphatic heterocycles. The Kier molecular flexibility index (Phi) is 5.58. The lowest BCUT2D eigenvalue weighted by Crippen LogP contribution is -2.18. The zero-order valence-electron chi connectivity index (χ0n) is 13.4. The first-order valence-electron chi connectivity index (χ1n) is 7.22. The van der Waals surface area contributed by atoms with Gasteiger partial charge in [-0.1, -0.05) is 29.8 Å². The summed E-state index contributed by atoms with van der Waals surface area (Å²) >= 11 is 5.87. The molecule has 0 aromatic heterocycles. The average Bonchev–Trinajstić information content (AvgIpc) is 2.54. The molecule has 0 bridgehead atoms. The number of allylic oxidation sites excluding steroid dienone is 1. The summed E-state index contributed by atoms with van der Waals surface area (Å²) in [7, 11) is 0. The largest absolute Gasteiger partial charge is 0.511 e. The van der Waals surface area contributed by atoms with E-state index in [4.69, 9.17) is 16.9 Å². The van der Waals surface area contributed by atoms with Gasteiger partial charge in [0.05, 0.1) is 11.3 Å². The van der Waals surface area contributed by atoms with Crippen LogP contribution in [0.4, 0.5) is 18.9 Å². The van der Waals surface area contributed by atoms with Gasteiger partial charge in [0, 0.05) is 5.02 Å². The molecule has 0 aliphatic rings. The van der Waals surface area contributed by atoms with Crippen molar-refractivity contribution in [3.05, 3.63) is 64.4 Å². The number of aliphatic hydroxyl groups is 1. The Hall–Kier alpha value is -2.98. The SMILES string of the molecule is C/C(O)=C(\C#N)C(=O)Nc1ccc(-c2cccc(Cl)c2)cc1C(F)(F)F. The maximum Gasteiger partial charge on any atom is 0.418 e. The van der Waals surface area contributed by atoms with Gasteiger partial charge >= 0.3 is 6.18 Å². The highest BCUT2D eigenvalue weighted by Crippen LogP contribution is 2.38. The summed E-state index contributed by atoms with van der Waals surface area (Å²) in [6, 6.07) is 11.1. The van der Waals surface area contributed by atoms with Crippen LogP contribution in [-0.2, 0) is 11.0 Å². The van der Waals surface area contributed by atoms with Crippen molar-refractivity contribution in [1.29, 1.82) is 5.26 Å². The predicted octanol–water partition coefficient (Wildman–Crippen LogP) is 5.32. The Morgan fingerprint density at radius 2 is 1.85 bits per heavy atom. The van der Waals surface area contributed by atoms with Crippen molar-refractivity contribution < 1.29 is 23.1 Å².